The first kappa shape index (κ1) is 23.3. The first-order valence-electron chi connectivity index (χ1n) is 11.9. The topological polar surface area (TPSA) is 20.2 Å². The van der Waals surface area contributed by atoms with Gasteiger partial charge in [0.15, 0.2) is 0 Å². The van der Waals surface area contributed by atoms with Gasteiger partial charge in [-0.1, -0.05) is 79.3 Å². The van der Waals surface area contributed by atoms with E-state index >= 15 is 0 Å². The van der Waals surface area contributed by atoms with E-state index in [1.807, 2.05) is 19.1 Å². The third kappa shape index (κ3) is 6.31. The fourth-order valence-corrected chi connectivity index (χ4v) is 4.45. The number of aryl methyl sites for hydroxylation is 2. The minimum atomic E-state index is -0.637. The van der Waals surface area contributed by atoms with Gasteiger partial charge in [-0.3, -0.25) is 0 Å². The zero-order valence-electron chi connectivity index (χ0n) is 19.7. The van der Waals surface area contributed by atoms with Crippen molar-refractivity contribution in [1.29, 1.82) is 0 Å². The molecule has 31 heavy (non-hydrogen) atoms. The Bertz CT molecular complexity index is 1060. The second-order valence-corrected chi connectivity index (χ2v) is 9.28. The van der Waals surface area contributed by atoms with Crippen LogP contribution in [-0.2, 0) is 12.8 Å². The summed E-state index contributed by atoms with van der Waals surface area (Å²) in [6.45, 7) is 8.09. The summed E-state index contributed by atoms with van der Waals surface area (Å²) in [5, 5.41) is 15.5. The molecule has 1 N–H and O–H groups in total. The van der Waals surface area contributed by atoms with Crippen molar-refractivity contribution in [3.63, 3.8) is 0 Å². The molecule has 1 aliphatic carbocycles. The highest BCUT2D eigenvalue weighted by atomic mass is 16.3. The maximum Gasteiger partial charge on any atom is 0.0802 e. The van der Waals surface area contributed by atoms with Crippen LogP contribution in [-0.4, -0.2) is 10.7 Å². The first-order valence-corrected chi connectivity index (χ1v) is 11.9. The van der Waals surface area contributed by atoms with Crippen LogP contribution in [0.1, 0.15) is 70.9 Å². The highest BCUT2D eigenvalue weighted by Crippen LogP contribution is 2.33. The predicted molar refractivity (Wildman–Crippen MR) is 137 cm³/mol. The Hall–Kier alpha value is -2.38. The van der Waals surface area contributed by atoms with E-state index in [1.54, 1.807) is 11.1 Å². The van der Waals surface area contributed by atoms with Crippen molar-refractivity contribution < 1.29 is 5.11 Å². The van der Waals surface area contributed by atoms with Gasteiger partial charge in [-0.05, 0) is 98.4 Å². The van der Waals surface area contributed by atoms with Gasteiger partial charge in [-0.25, -0.2) is 0 Å². The molecule has 0 radical (unpaired) electrons. The van der Waals surface area contributed by atoms with Crippen LogP contribution in [0.2, 0.25) is 0 Å². The van der Waals surface area contributed by atoms with Gasteiger partial charge in [0.2, 0.25) is 0 Å². The highest BCUT2D eigenvalue weighted by molar-refractivity contribution is 6.08. The Morgan fingerprint density at radius 1 is 0.935 bits per heavy atom. The van der Waals surface area contributed by atoms with E-state index in [1.165, 1.54) is 52.8 Å². The second kappa shape index (κ2) is 10.8. The fourth-order valence-electron chi connectivity index (χ4n) is 4.45. The highest BCUT2D eigenvalue weighted by Gasteiger charge is 2.14. The maximum absolute atomic E-state index is 9.84. The summed E-state index contributed by atoms with van der Waals surface area (Å²) in [5.41, 5.74) is 3.85. The van der Waals surface area contributed by atoms with Crippen molar-refractivity contribution in [1.82, 2.24) is 0 Å². The molecule has 0 bridgehead atoms. The van der Waals surface area contributed by atoms with Gasteiger partial charge < -0.3 is 5.11 Å². The number of benzene rings is 3. The molecule has 0 aromatic heterocycles. The molecule has 0 saturated heterocycles. The lowest BCUT2D eigenvalue weighted by Gasteiger charge is -2.18. The number of aliphatic hydroxyl groups is 1. The smallest absolute Gasteiger partial charge is 0.0802 e. The van der Waals surface area contributed by atoms with Crippen LogP contribution in [0.25, 0.3) is 21.5 Å². The van der Waals surface area contributed by atoms with Crippen molar-refractivity contribution in [3.05, 3.63) is 83.5 Å². The van der Waals surface area contributed by atoms with E-state index in [9.17, 15) is 5.11 Å². The van der Waals surface area contributed by atoms with Crippen LogP contribution in [0.5, 0.6) is 0 Å². The van der Waals surface area contributed by atoms with Crippen LogP contribution in [0.4, 0.5) is 0 Å². The molecule has 0 spiro atoms. The summed E-state index contributed by atoms with van der Waals surface area (Å²) in [6, 6.07) is 18.0. The van der Waals surface area contributed by atoms with Gasteiger partial charge in [0.1, 0.15) is 0 Å². The summed E-state index contributed by atoms with van der Waals surface area (Å²) >= 11 is 0. The standard InChI is InChI=1S/C18H16.C12H22O/c1-3-7-15-13(5-1)9-11-18-16-8-4-2-6-14(16)10-12-17(15)18;1-5-6-9-12(4,13)10-7-8-11(2)3/h1,3,5,7,9-12H,2,4,6,8H2;6,8-9,13H,5,7,10H2,1-4H3. The van der Waals surface area contributed by atoms with Gasteiger partial charge in [0.25, 0.3) is 0 Å². The molecule has 0 heterocycles. The lowest BCUT2D eigenvalue weighted by atomic mass is 9.86. The molecule has 0 saturated carbocycles. The summed E-state index contributed by atoms with van der Waals surface area (Å²) in [7, 11) is 0. The molecule has 3 aromatic rings. The average Bonchev–Trinajstić information content (AvgIpc) is 2.77. The molecule has 1 aliphatic rings. The van der Waals surface area contributed by atoms with Crippen molar-refractivity contribution >= 4 is 21.5 Å². The van der Waals surface area contributed by atoms with Crippen LogP contribution in [0.15, 0.2) is 72.3 Å². The van der Waals surface area contributed by atoms with Gasteiger partial charge in [0, 0.05) is 0 Å². The van der Waals surface area contributed by atoms with Gasteiger partial charge in [-0.2, -0.15) is 0 Å². The lowest BCUT2D eigenvalue weighted by molar-refractivity contribution is 0.103. The first-order chi connectivity index (χ1) is 14.9. The van der Waals surface area contributed by atoms with Gasteiger partial charge >= 0.3 is 0 Å². The number of allylic oxidation sites excluding steroid dienone is 3. The number of fused-ring (bicyclic) bond motifs is 5. The Kier molecular flexibility index (Phi) is 8.09. The Morgan fingerprint density at radius 2 is 1.68 bits per heavy atom. The van der Waals surface area contributed by atoms with Crippen molar-refractivity contribution in [2.24, 2.45) is 0 Å². The normalized spacial score (nSPS) is 15.3. The molecule has 0 aliphatic heterocycles. The van der Waals surface area contributed by atoms with Crippen molar-refractivity contribution in [2.45, 2.75) is 78.2 Å². The summed E-state index contributed by atoms with van der Waals surface area (Å²) in [5.74, 6) is 0. The monoisotopic (exact) mass is 414 g/mol. The van der Waals surface area contributed by atoms with E-state index in [2.05, 4.69) is 75.4 Å². The number of hydrogen-bond acceptors (Lipinski definition) is 1. The van der Waals surface area contributed by atoms with E-state index in [4.69, 9.17) is 0 Å². The van der Waals surface area contributed by atoms with E-state index in [0.717, 1.165) is 19.3 Å². The molecule has 1 heteroatoms. The predicted octanol–water partition coefficient (Wildman–Crippen LogP) is 8.32. The molecule has 3 aromatic carbocycles. The minimum Gasteiger partial charge on any atom is -0.386 e. The molecule has 4 rings (SSSR count). The second-order valence-electron chi connectivity index (χ2n) is 9.28. The molecule has 1 nitrogen and oxygen atoms in total. The van der Waals surface area contributed by atoms with Crippen molar-refractivity contribution in [2.75, 3.05) is 0 Å². The molecular formula is C30H38O. The Labute approximate surface area is 188 Å². The zero-order chi connectivity index (χ0) is 22.3. The minimum absolute atomic E-state index is 0.637. The average molecular weight is 415 g/mol. The molecule has 1 unspecified atom stereocenters. The van der Waals surface area contributed by atoms with Crippen LogP contribution in [0.3, 0.4) is 0 Å². The van der Waals surface area contributed by atoms with Crippen LogP contribution < -0.4 is 0 Å². The summed E-state index contributed by atoms with van der Waals surface area (Å²) in [6.07, 6.45) is 14.0. The summed E-state index contributed by atoms with van der Waals surface area (Å²) in [4.78, 5) is 0. The van der Waals surface area contributed by atoms with Gasteiger partial charge in [0.05, 0.1) is 5.60 Å². The number of rotatable bonds is 5. The molecular weight excluding hydrogens is 376 g/mol. The third-order valence-electron chi connectivity index (χ3n) is 6.17. The molecule has 0 amide bonds. The van der Waals surface area contributed by atoms with Crippen LogP contribution in [0, 0.1) is 0 Å². The van der Waals surface area contributed by atoms with Gasteiger partial charge in [-0.15, -0.1) is 0 Å². The largest absolute Gasteiger partial charge is 0.386 e. The Balaban J connectivity index is 0.000000188. The number of hydrogen-bond donors (Lipinski definition) is 1. The van der Waals surface area contributed by atoms with Crippen LogP contribution >= 0.6 is 0 Å². The maximum atomic E-state index is 9.84. The zero-order valence-corrected chi connectivity index (χ0v) is 19.7. The lowest BCUT2D eigenvalue weighted by Crippen LogP contribution is -2.19. The fraction of sp³-hybridized carbons (Fsp3) is 0.400. The van der Waals surface area contributed by atoms with E-state index in [-0.39, 0.29) is 0 Å². The van der Waals surface area contributed by atoms with E-state index in [0.29, 0.717) is 0 Å². The third-order valence-corrected chi connectivity index (χ3v) is 6.17. The summed E-state index contributed by atoms with van der Waals surface area (Å²) < 4.78 is 0. The SMILES string of the molecule is CCC=CC(C)(O)CCC=C(C)C.c1ccc2c(c1)ccc1c3c(ccc12)CCCC3. The molecule has 0 fully saturated rings. The van der Waals surface area contributed by atoms with Crippen molar-refractivity contribution in [3.8, 4) is 0 Å². The Morgan fingerprint density at radius 3 is 2.45 bits per heavy atom. The molecule has 1 atom stereocenters. The molecule has 164 valence electrons. The van der Waals surface area contributed by atoms with E-state index < -0.39 is 5.60 Å². The quantitative estimate of drug-likeness (QED) is 0.329.